The van der Waals surface area contributed by atoms with Gasteiger partial charge in [-0.1, -0.05) is 30.3 Å². The van der Waals surface area contributed by atoms with Crippen LogP contribution in [-0.4, -0.2) is 35.6 Å². The Balaban J connectivity index is 0.00000338. The van der Waals surface area contributed by atoms with Crippen LogP contribution in [0.25, 0.3) is 0 Å². The molecule has 0 fully saturated rings. The summed E-state index contributed by atoms with van der Waals surface area (Å²) in [7, 11) is 1.81. The third-order valence-electron chi connectivity index (χ3n) is 4.12. The number of carboxylic acid groups (broad SMARTS) is 1. The summed E-state index contributed by atoms with van der Waals surface area (Å²) in [4.78, 5) is 12.6. The molecule has 0 aromatic heterocycles. The van der Waals surface area contributed by atoms with Crippen LogP contribution in [0.4, 0.5) is 0 Å². The van der Waals surface area contributed by atoms with Gasteiger partial charge in [0.25, 0.3) is 0 Å². The number of carboxylic acids is 1. The number of nitriles is 1. The summed E-state index contributed by atoms with van der Waals surface area (Å²) in [5, 5.41) is 17.9. The number of carbonyl (C=O) groups is 1. The van der Waals surface area contributed by atoms with Gasteiger partial charge in [0.2, 0.25) is 0 Å². The highest BCUT2D eigenvalue weighted by molar-refractivity contribution is 5.85. The monoisotopic (exact) mass is 374 g/mol. The van der Waals surface area contributed by atoms with Crippen LogP contribution in [0.15, 0.2) is 48.5 Å². The molecular formula is C20H23ClN2O3. The summed E-state index contributed by atoms with van der Waals surface area (Å²) in [6, 6.07) is 17.4. The first-order valence-corrected chi connectivity index (χ1v) is 8.11. The summed E-state index contributed by atoms with van der Waals surface area (Å²) >= 11 is 0. The van der Waals surface area contributed by atoms with Gasteiger partial charge in [0.05, 0.1) is 18.2 Å². The number of hydrogen-bond donors (Lipinski definition) is 1. The zero-order valence-corrected chi connectivity index (χ0v) is 15.7. The Morgan fingerprint density at radius 2 is 1.88 bits per heavy atom. The van der Waals surface area contributed by atoms with E-state index in [0.717, 1.165) is 23.3 Å². The lowest BCUT2D eigenvalue weighted by Crippen LogP contribution is -2.35. The second-order valence-electron chi connectivity index (χ2n) is 6.06. The first-order valence-electron chi connectivity index (χ1n) is 8.11. The SMILES string of the molecule is CC(Cc1ccc(OCc2ccccc2C#N)cc1)N(C)CC(=O)O.Cl. The Morgan fingerprint density at radius 3 is 2.50 bits per heavy atom. The second kappa shape index (κ2) is 10.4. The molecule has 26 heavy (non-hydrogen) atoms. The standard InChI is InChI=1S/C20H22N2O3.ClH/c1-15(22(2)13-20(23)24)11-16-7-9-19(10-8-16)25-14-18-6-4-3-5-17(18)12-21;/h3-10,15H,11,13-14H2,1-2H3,(H,23,24);1H. The Kier molecular flexibility index (Phi) is 8.63. The fraction of sp³-hybridized carbons (Fsp3) is 0.300. The van der Waals surface area contributed by atoms with Crippen LogP contribution in [0.2, 0.25) is 0 Å². The van der Waals surface area contributed by atoms with Gasteiger partial charge >= 0.3 is 5.97 Å². The number of aliphatic carboxylic acids is 1. The lowest BCUT2D eigenvalue weighted by Gasteiger charge is -2.22. The molecule has 1 unspecified atom stereocenters. The van der Waals surface area contributed by atoms with E-state index < -0.39 is 5.97 Å². The fourth-order valence-corrected chi connectivity index (χ4v) is 2.50. The van der Waals surface area contributed by atoms with E-state index in [1.165, 1.54) is 0 Å². The van der Waals surface area contributed by atoms with Crippen molar-refractivity contribution >= 4 is 18.4 Å². The van der Waals surface area contributed by atoms with Crippen molar-refractivity contribution in [3.05, 3.63) is 65.2 Å². The number of rotatable bonds is 8. The molecule has 0 spiro atoms. The van der Waals surface area contributed by atoms with Crippen LogP contribution in [0.5, 0.6) is 5.75 Å². The van der Waals surface area contributed by atoms with Crippen molar-refractivity contribution < 1.29 is 14.6 Å². The molecule has 0 amide bonds. The maximum atomic E-state index is 10.8. The smallest absolute Gasteiger partial charge is 0.317 e. The van der Waals surface area contributed by atoms with E-state index in [4.69, 9.17) is 15.1 Å². The van der Waals surface area contributed by atoms with Gasteiger partial charge in [-0.2, -0.15) is 5.26 Å². The van der Waals surface area contributed by atoms with Crippen molar-refractivity contribution in [3.8, 4) is 11.8 Å². The van der Waals surface area contributed by atoms with Crippen LogP contribution in [0.1, 0.15) is 23.6 Å². The Morgan fingerprint density at radius 1 is 1.23 bits per heavy atom. The fourth-order valence-electron chi connectivity index (χ4n) is 2.50. The first kappa shape index (κ1) is 21.5. The molecule has 1 N–H and O–H groups in total. The molecule has 5 nitrogen and oxygen atoms in total. The van der Waals surface area contributed by atoms with Gasteiger partial charge in [-0.05, 0) is 44.2 Å². The number of ether oxygens (including phenoxy) is 1. The number of nitrogens with zero attached hydrogens (tertiary/aromatic N) is 2. The van der Waals surface area contributed by atoms with Gasteiger partial charge in [-0.3, -0.25) is 9.69 Å². The molecule has 0 aliphatic rings. The maximum absolute atomic E-state index is 10.8. The zero-order valence-electron chi connectivity index (χ0n) is 14.9. The number of hydrogen-bond acceptors (Lipinski definition) is 4. The highest BCUT2D eigenvalue weighted by Gasteiger charge is 2.13. The summed E-state index contributed by atoms with van der Waals surface area (Å²) < 4.78 is 5.76. The van der Waals surface area contributed by atoms with Gasteiger partial charge in [-0.25, -0.2) is 0 Å². The molecule has 0 saturated heterocycles. The lowest BCUT2D eigenvalue weighted by molar-refractivity contribution is -0.138. The van der Waals surface area contributed by atoms with Gasteiger partial charge in [0.15, 0.2) is 0 Å². The molecule has 2 aromatic carbocycles. The van der Waals surface area contributed by atoms with Gasteiger partial charge in [0.1, 0.15) is 12.4 Å². The Hall–Kier alpha value is -2.55. The van der Waals surface area contributed by atoms with E-state index in [1.54, 1.807) is 6.07 Å². The summed E-state index contributed by atoms with van der Waals surface area (Å²) in [6.07, 6.45) is 0.765. The van der Waals surface area contributed by atoms with E-state index >= 15 is 0 Å². The van der Waals surface area contributed by atoms with Gasteiger partial charge in [-0.15, -0.1) is 12.4 Å². The van der Waals surface area contributed by atoms with Crippen LogP contribution >= 0.6 is 12.4 Å². The highest BCUT2D eigenvalue weighted by Crippen LogP contribution is 2.17. The number of benzene rings is 2. The van der Waals surface area contributed by atoms with Crippen LogP contribution in [0, 0.1) is 11.3 Å². The minimum atomic E-state index is -0.823. The summed E-state index contributed by atoms with van der Waals surface area (Å²) in [5.41, 5.74) is 2.60. The molecule has 0 heterocycles. The van der Waals surface area contributed by atoms with Crippen molar-refractivity contribution in [1.29, 1.82) is 5.26 Å². The van der Waals surface area contributed by atoms with Crippen molar-refractivity contribution in [2.75, 3.05) is 13.6 Å². The van der Waals surface area contributed by atoms with Crippen molar-refractivity contribution in [2.45, 2.75) is 26.0 Å². The molecule has 2 rings (SSSR count). The molecule has 0 aliphatic carbocycles. The molecule has 0 aliphatic heterocycles. The number of halogens is 1. The topological polar surface area (TPSA) is 73.6 Å². The quantitative estimate of drug-likeness (QED) is 0.765. The average molecular weight is 375 g/mol. The molecule has 0 bridgehead atoms. The maximum Gasteiger partial charge on any atom is 0.317 e. The van der Waals surface area contributed by atoms with Crippen molar-refractivity contribution in [2.24, 2.45) is 0 Å². The average Bonchev–Trinajstić information content (AvgIpc) is 2.60. The molecule has 6 heteroatoms. The molecule has 1 atom stereocenters. The van der Waals surface area contributed by atoms with Gasteiger partial charge < -0.3 is 9.84 Å². The van der Waals surface area contributed by atoms with Crippen molar-refractivity contribution in [3.63, 3.8) is 0 Å². The van der Waals surface area contributed by atoms with E-state index in [2.05, 4.69) is 6.07 Å². The minimum absolute atomic E-state index is 0. The van der Waals surface area contributed by atoms with Crippen LogP contribution in [-0.2, 0) is 17.8 Å². The van der Waals surface area contributed by atoms with E-state index in [0.29, 0.717) is 12.2 Å². The van der Waals surface area contributed by atoms with Crippen molar-refractivity contribution in [1.82, 2.24) is 4.90 Å². The van der Waals surface area contributed by atoms with Crippen LogP contribution < -0.4 is 4.74 Å². The Bertz CT molecular complexity index is 756. The summed E-state index contributed by atoms with van der Waals surface area (Å²) in [6.45, 7) is 2.38. The first-order chi connectivity index (χ1) is 12.0. The number of likely N-dealkylation sites (N-methyl/N-ethyl adjacent to an activating group) is 1. The second-order valence-corrected chi connectivity index (χ2v) is 6.06. The Labute approximate surface area is 160 Å². The third kappa shape index (κ3) is 6.40. The zero-order chi connectivity index (χ0) is 18.2. The van der Waals surface area contributed by atoms with E-state index in [9.17, 15) is 4.79 Å². The largest absolute Gasteiger partial charge is 0.489 e. The molecule has 0 saturated carbocycles. The lowest BCUT2D eigenvalue weighted by atomic mass is 10.1. The summed E-state index contributed by atoms with van der Waals surface area (Å²) in [5.74, 6) is -0.0845. The van der Waals surface area contributed by atoms with Gasteiger partial charge in [0, 0.05) is 11.6 Å². The third-order valence-corrected chi connectivity index (χ3v) is 4.12. The molecular weight excluding hydrogens is 352 g/mol. The predicted octanol–water partition coefficient (Wildman–Crippen LogP) is 3.51. The van der Waals surface area contributed by atoms with E-state index in [-0.39, 0.29) is 25.0 Å². The molecule has 2 aromatic rings. The predicted molar refractivity (Wildman–Crippen MR) is 103 cm³/mol. The highest BCUT2D eigenvalue weighted by atomic mass is 35.5. The normalized spacial score (nSPS) is 11.3. The minimum Gasteiger partial charge on any atom is -0.489 e. The van der Waals surface area contributed by atoms with E-state index in [1.807, 2.05) is 61.3 Å². The van der Waals surface area contributed by atoms with Crippen LogP contribution in [0.3, 0.4) is 0 Å². The molecule has 138 valence electrons. The molecule has 0 radical (unpaired) electrons.